The van der Waals surface area contributed by atoms with Crippen LogP contribution in [0.2, 0.25) is 0 Å². The van der Waals surface area contributed by atoms with Crippen molar-refractivity contribution in [2.45, 2.75) is 24.7 Å². The monoisotopic (exact) mass is 405 g/mol. The van der Waals surface area contributed by atoms with Gasteiger partial charge in [-0.2, -0.15) is 0 Å². The van der Waals surface area contributed by atoms with Crippen LogP contribution in [0.5, 0.6) is 17.2 Å². The topological polar surface area (TPSA) is 57.7 Å². The zero-order valence-electron chi connectivity index (χ0n) is 16.5. The van der Waals surface area contributed by atoms with Gasteiger partial charge in [0, 0.05) is 17.7 Å². The van der Waals surface area contributed by atoms with Crippen LogP contribution in [0.1, 0.15) is 24.1 Å². The Kier molecular flexibility index (Phi) is 4.42. The van der Waals surface area contributed by atoms with Gasteiger partial charge in [0.1, 0.15) is 5.78 Å². The Hall–Kier alpha value is -3.41. The van der Waals surface area contributed by atoms with E-state index in [1.54, 1.807) is 18.2 Å². The van der Waals surface area contributed by atoms with Gasteiger partial charge in [-0.15, -0.1) is 0 Å². The van der Waals surface area contributed by atoms with Crippen LogP contribution in [-0.2, 0) is 16.6 Å². The van der Waals surface area contributed by atoms with Crippen molar-refractivity contribution in [2.24, 2.45) is 0 Å². The molecule has 152 valence electrons. The second kappa shape index (κ2) is 7.13. The summed E-state index contributed by atoms with van der Waals surface area (Å²) in [4.78, 5) is 17.8. The van der Waals surface area contributed by atoms with Gasteiger partial charge in [0.25, 0.3) is 0 Å². The number of ether oxygens (including phenoxy) is 3. The van der Waals surface area contributed by atoms with Crippen molar-refractivity contribution in [3.8, 4) is 28.5 Å². The number of benzene rings is 2. The number of rotatable bonds is 6. The minimum atomic E-state index is -0.481. The summed E-state index contributed by atoms with van der Waals surface area (Å²) in [5, 5.41) is 0. The summed E-state index contributed by atoms with van der Waals surface area (Å²) in [5.41, 5.74) is 2.41. The predicted molar refractivity (Wildman–Crippen MR) is 108 cm³/mol. The van der Waals surface area contributed by atoms with Crippen LogP contribution in [0.3, 0.4) is 0 Å². The number of carbonyl (C=O) groups is 1. The highest BCUT2D eigenvalue weighted by Crippen LogP contribution is 2.51. The molecule has 5 rings (SSSR count). The summed E-state index contributed by atoms with van der Waals surface area (Å²) < 4.78 is 29.9. The SMILES string of the molecule is COc1ccc(-c2cccc(CC(=O)C3(c4ccc5c(c4)OCO5)CC3)n2)cc1F. The number of Topliss-reactive ketones (excluding diaryl/α,β-unsaturated/α-hetero) is 1. The van der Waals surface area contributed by atoms with Gasteiger partial charge in [-0.3, -0.25) is 9.78 Å². The fourth-order valence-electron chi connectivity index (χ4n) is 3.95. The predicted octanol–water partition coefficient (Wildman–Crippen LogP) is 4.47. The van der Waals surface area contributed by atoms with E-state index in [2.05, 4.69) is 4.98 Å². The highest BCUT2D eigenvalue weighted by atomic mass is 19.1. The molecule has 0 amide bonds. The zero-order chi connectivity index (χ0) is 20.7. The molecule has 30 heavy (non-hydrogen) atoms. The van der Waals surface area contributed by atoms with Gasteiger partial charge < -0.3 is 14.2 Å². The molecule has 5 nitrogen and oxygen atoms in total. The molecule has 1 aromatic heterocycles. The highest BCUT2D eigenvalue weighted by Gasteiger charge is 2.50. The average Bonchev–Trinajstić information content (AvgIpc) is 3.45. The van der Waals surface area contributed by atoms with Crippen molar-refractivity contribution >= 4 is 5.78 Å². The first-order valence-electron chi connectivity index (χ1n) is 9.82. The first kappa shape index (κ1) is 18.6. The third-order valence-electron chi connectivity index (χ3n) is 5.80. The summed E-state index contributed by atoms with van der Waals surface area (Å²) in [5.74, 6) is 1.27. The Morgan fingerprint density at radius 2 is 1.93 bits per heavy atom. The normalized spacial score (nSPS) is 15.7. The molecule has 0 N–H and O–H groups in total. The third kappa shape index (κ3) is 3.18. The number of hydrogen-bond donors (Lipinski definition) is 0. The van der Waals surface area contributed by atoms with Crippen LogP contribution >= 0.6 is 0 Å². The van der Waals surface area contributed by atoms with E-state index < -0.39 is 11.2 Å². The maximum Gasteiger partial charge on any atom is 0.231 e. The molecule has 1 fully saturated rings. The van der Waals surface area contributed by atoms with E-state index in [0.717, 1.165) is 18.4 Å². The molecule has 0 unspecified atom stereocenters. The Morgan fingerprint density at radius 1 is 1.10 bits per heavy atom. The largest absolute Gasteiger partial charge is 0.494 e. The quantitative estimate of drug-likeness (QED) is 0.606. The molecule has 2 aliphatic rings. The number of methoxy groups -OCH3 is 1. The lowest BCUT2D eigenvalue weighted by Crippen LogP contribution is -2.23. The summed E-state index contributed by atoms with van der Waals surface area (Å²) in [6, 6.07) is 15.9. The van der Waals surface area contributed by atoms with E-state index in [1.807, 2.05) is 30.3 Å². The maximum absolute atomic E-state index is 14.1. The first-order chi connectivity index (χ1) is 14.6. The molecule has 2 aromatic carbocycles. The van der Waals surface area contributed by atoms with Gasteiger partial charge in [-0.1, -0.05) is 12.1 Å². The van der Waals surface area contributed by atoms with Gasteiger partial charge in [0.15, 0.2) is 23.1 Å². The number of nitrogens with zero attached hydrogens (tertiary/aromatic N) is 1. The van der Waals surface area contributed by atoms with Gasteiger partial charge in [-0.05, 0) is 60.9 Å². The smallest absolute Gasteiger partial charge is 0.231 e. The van der Waals surface area contributed by atoms with Crippen LogP contribution in [0.15, 0.2) is 54.6 Å². The van der Waals surface area contributed by atoms with Crippen molar-refractivity contribution in [3.63, 3.8) is 0 Å². The standard InChI is InChI=1S/C24H20FNO4/c1-28-20-7-5-15(11-18(20)25)19-4-2-3-17(26-19)13-23(27)24(9-10-24)16-6-8-21-22(12-16)30-14-29-21/h2-8,11-12H,9-10,13-14H2,1H3. The minimum absolute atomic E-state index is 0.131. The number of aromatic nitrogens is 1. The van der Waals surface area contributed by atoms with Crippen molar-refractivity contribution in [1.82, 2.24) is 4.98 Å². The first-order valence-corrected chi connectivity index (χ1v) is 9.82. The molecular formula is C24H20FNO4. The molecule has 0 bridgehead atoms. The maximum atomic E-state index is 14.1. The van der Waals surface area contributed by atoms with E-state index >= 15 is 0 Å². The van der Waals surface area contributed by atoms with Gasteiger partial charge in [0.2, 0.25) is 6.79 Å². The molecule has 3 aromatic rings. The van der Waals surface area contributed by atoms with Crippen molar-refractivity contribution in [3.05, 3.63) is 71.7 Å². The fraction of sp³-hybridized carbons (Fsp3) is 0.250. The van der Waals surface area contributed by atoms with Gasteiger partial charge >= 0.3 is 0 Å². The molecule has 0 saturated heterocycles. The lowest BCUT2D eigenvalue weighted by Gasteiger charge is -2.15. The average molecular weight is 405 g/mol. The summed E-state index contributed by atoms with van der Waals surface area (Å²) in [6.07, 6.45) is 1.85. The molecule has 1 aliphatic heterocycles. The molecule has 2 heterocycles. The summed E-state index contributed by atoms with van der Waals surface area (Å²) in [6.45, 7) is 0.211. The highest BCUT2D eigenvalue weighted by molar-refractivity contribution is 5.94. The van der Waals surface area contributed by atoms with E-state index in [1.165, 1.54) is 13.2 Å². The molecule has 0 atom stereocenters. The number of hydrogen-bond acceptors (Lipinski definition) is 5. The van der Waals surface area contributed by atoms with Crippen LogP contribution in [0.25, 0.3) is 11.3 Å². The van der Waals surface area contributed by atoms with E-state index in [0.29, 0.717) is 28.5 Å². The molecule has 0 radical (unpaired) electrons. The van der Waals surface area contributed by atoms with Crippen molar-refractivity contribution in [1.29, 1.82) is 0 Å². The molecule has 0 spiro atoms. The Bertz CT molecular complexity index is 1140. The third-order valence-corrected chi connectivity index (χ3v) is 5.80. The number of halogens is 1. The Morgan fingerprint density at radius 3 is 2.70 bits per heavy atom. The lowest BCUT2D eigenvalue weighted by molar-refractivity contribution is -0.120. The number of ketones is 1. The Labute approximate surface area is 173 Å². The number of fused-ring (bicyclic) bond motifs is 1. The fourth-order valence-corrected chi connectivity index (χ4v) is 3.95. The lowest BCUT2D eigenvalue weighted by atomic mass is 9.88. The van der Waals surface area contributed by atoms with Crippen molar-refractivity contribution < 1.29 is 23.4 Å². The minimum Gasteiger partial charge on any atom is -0.494 e. The molecular weight excluding hydrogens is 385 g/mol. The molecule has 1 saturated carbocycles. The van der Waals surface area contributed by atoms with Gasteiger partial charge in [-0.25, -0.2) is 4.39 Å². The van der Waals surface area contributed by atoms with Crippen LogP contribution in [0, 0.1) is 5.82 Å². The second-order valence-electron chi connectivity index (χ2n) is 7.61. The van der Waals surface area contributed by atoms with Crippen LogP contribution in [-0.4, -0.2) is 24.7 Å². The van der Waals surface area contributed by atoms with Gasteiger partial charge in [0.05, 0.1) is 18.2 Å². The molecule has 1 aliphatic carbocycles. The van der Waals surface area contributed by atoms with Crippen molar-refractivity contribution in [2.75, 3.05) is 13.9 Å². The van der Waals surface area contributed by atoms with E-state index in [4.69, 9.17) is 14.2 Å². The summed E-state index contributed by atoms with van der Waals surface area (Å²) >= 11 is 0. The second-order valence-corrected chi connectivity index (χ2v) is 7.61. The van der Waals surface area contributed by atoms with E-state index in [-0.39, 0.29) is 24.7 Å². The van der Waals surface area contributed by atoms with Crippen LogP contribution in [0.4, 0.5) is 4.39 Å². The zero-order valence-corrected chi connectivity index (χ0v) is 16.5. The number of carbonyl (C=O) groups excluding carboxylic acids is 1. The number of pyridine rings is 1. The summed E-state index contributed by atoms with van der Waals surface area (Å²) in [7, 11) is 1.43. The van der Waals surface area contributed by atoms with Crippen LogP contribution < -0.4 is 14.2 Å². The Balaban J connectivity index is 1.38. The van der Waals surface area contributed by atoms with E-state index in [9.17, 15) is 9.18 Å². The molecule has 6 heteroatoms.